The van der Waals surface area contributed by atoms with Crippen LogP contribution in [-0.2, 0) is 14.3 Å². The summed E-state index contributed by atoms with van der Waals surface area (Å²) >= 11 is 0. The van der Waals surface area contributed by atoms with Crippen molar-refractivity contribution in [2.45, 2.75) is 57.7 Å². The third-order valence-electron chi connectivity index (χ3n) is 7.11. The number of aliphatic carboxylic acids is 1. The van der Waals surface area contributed by atoms with Crippen LogP contribution < -0.4 is 0 Å². The number of carboxylic acids is 1. The predicted molar refractivity (Wildman–Crippen MR) is 137 cm³/mol. The SMILES string of the molecule is CC(C)n1cnc2c(-c3cccnc3)nc(C3CCN(C(=O)C4CCOCC4)CC3)cc21.O=C(O)C(F)(F)F. The van der Waals surface area contributed by atoms with Crippen LogP contribution >= 0.6 is 0 Å². The summed E-state index contributed by atoms with van der Waals surface area (Å²) in [6.45, 7) is 7.35. The van der Waals surface area contributed by atoms with Crippen LogP contribution in [0, 0.1) is 5.92 Å². The molecule has 0 bridgehead atoms. The molecule has 1 amide bonds. The lowest BCUT2D eigenvalue weighted by molar-refractivity contribution is -0.192. The molecule has 0 unspecified atom stereocenters. The van der Waals surface area contributed by atoms with Crippen molar-refractivity contribution in [3.05, 3.63) is 42.6 Å². The molecule has 1 N–H and O–H groups in total. The predicted octanol–water partition coefficient (Wildman–Crippen LogP) is 4.84. The van der Waals surface area contributed by atoms with E-state index in [9.17, 15) is 18.0 Å². The molecule has 3 aromatic heterocycles. The number of likely N-dealkylation sites (tertiary alicyclic amines) is 1. The van der Waals surface area contributed by atoms with Gasteiger partial charge in [0.05, 0.1) is 17.5 Å². The van der Waals surface area contributed by atoms with Crippen LogP contribution in [0.5, 0.6) is 0 Å². The van der Waals surface area contributed by atoms with Gasteiger partial charge in [-0.1, -0.05) is 0 Å². The van der Waals surface area contributed by atoms with Crippen LogP contribution in [0.25, 0.3) is 22.3 Å². The number of rotatable bonds is 4. The van der Waals surface area contributed by atoms with Gasteiger partial charge in [-0.3, -0.25) is 14.8 Å². The average molecular weight is 548 g/mol. The second-order valence-corrected chi connectivity index (χ2v) is 10.0. The molecule has 0 aromatic carbocycles. The van der Waals surface area contributed by atoms with Crippen LogP contribution in [0.2, 0.25) is 0 Å². The molecule has 3 aromatic rings. The Morgan fingerprint density at radius 2 is 1.79 bits per heavy atom. The Morgan fingerprint density at radius 1 is 1.13 bits per heavy atom. The molecule has 0 radical (unpaired) electrons. The third-order valence-corrected chi connectivity index (χ3v) is 7.11. The van der Waals surface area contributed by atoms with E-state index in [1.807, 2.05) is 24.7 Å². The molecule has 5 heterocycles. The second-order valence-electron chi connectivity index (χ2n) is 10.0. The fraction of sp³-hybridized carbons (Fsp3) is 0.519. The molecule has 5 rings (SSSR count). The number of piperidine rings is 1. The van der Waals surface area contributed by atoms with E-state index in [1.165, 1.54) is 0 Å². The summed E-state index contributed by atoms with van der Waals surface area (Å²) in [5, 5.41) is 7.12. The summed E-state index contributed by atoms with van der Waals surface area (Å²) in [5.74, 6) is -1.98. The first kappa shape index (κ1) is 28.5. The first-order chi connectivity index (χ1) is 18.6. The van der Waals surface area contributed by atoms with Gasteiger partial charge in [0.25, 0.3) is 0 Å². The van der Waals surface area contributed by atoms with Crippen LogP contribution in [-0.4, -0.2) is 73.9 Å². The molecular weight excluding hydrogens is 515 g/mol. The number of hydrogen-bond donors (Lipinski definition) is 1. The Hall–Kier alpha value is -3.54. The van der Waals surface area contributed by atoms with E-state index in [0.717, 1.165) is 66.8 Å². The van der Waals surface area contributed by atoms with Crippen LogP contribution in [0.15, 0.2) is 36.9 Å². The molecule has 210 valence electrons. The molecule has 2 saturated heterocycles. The number of nitrogens with zero attached hydrogens (tertiary/aromatic N) is 5. The van der Waals surface area contributed by atoms with Crippen molar-refractivity contribution >= 4 is 22.9 Å². The highest BCUT2D eigenvalue weighted by molar-refractivity contribution is 5.90. The van der Waals surface area contributed by atoms with Gasteiger partial charge < -0.3 is 19.3 Å². The van der Waals surface area contributed by atoms with Crippen LogP contribution in [0.4, 0.5) is 13.2 Å². The Labute approximate surface area is 224 Å². The van der Waals surface area contributed by atoms with Crippen molar-refractivity contribution < 1.29 is 32.6 Å². The van der Waals surface area contributed by atoms with Gasteiger partial charge in [0.15, 0.2) is 0 Å². The zero-order valence-electron chi connectivity index (χ0n) is 21.9. The minimum absolute atomic E-state index is 0.132. The minimum atomic E-state index is -5.08. The Balaban J connectivity index is 0.000000448. The van der Waals surface area contributed by atoms with E-state index in [4.69, 9.17) is 24.6 Å². The maximum Gasteiger partial charge on any atom is 0.490 e. The highest BCUT2D eigenvalue weighted by Crippen LogP contribution is 2.34. The lowest BCUT2D eigenvalue weighted by Crippen LogP contribution is -2.42. The summed E-state index contributed by atoms with van der Waals surface area (Å²) in [4.78, 5) is 38.0. The number of pyridine rings is 2. The summed E-state index contributed by atoms with van der Waals surface area (Å²) in [6, 6.07) is 6.51. The van der Waals surface area contributed by atoms with Gasteiger partial charge in [0.1, 0.15) is 5.52 Å². The largest absolute Gasteiger partial charge is 0.490 e. The zero-order chi connectivity index (χ0) is 28.2. The van der Waals surface area contributed by atoms with Crippen molar-refractivity contribution in [2.75, 3.05) is 26.3 Å². The lowest BCUT2D eigenvalue weighted by Gasteiger charge is -2.35. The minimum Gasteiger partial charge on any atom is -0.475 e. The van der Waals surface area contributed by atoms with E-state index in [0.29, 0.717) is 31.1 Å². The molecular formula is C27H32F3N5O4. The highest BCUT2D eigenvalue weighted by atomic mass is 19.4. The molecule has 0 atom stereocenters. The summed E-state index contributed by atoms with van der Waals surface area (Å²) in [5.41, 5.74) is 5.01. The second kappa shape index (κ2) is 12.1. The Kier molecular flexibility index (Phi) is 8.83. The number of halogens is 3. The quantitative estimate of drug-likeness (QED) is 0.498. The maximum atomic E-state index is 12.9. The number of fused-ring (bicyclic) bond motifs is 1. The lowest BCUT2D eigenvalue weighted by atomic mass is 9.90. The maximum absolute atomic E-state index is 12.9. The zero-order valence-corrected chi connectivity index (χ0v) is 21.9. The van der Waals surface area contributed by atoms with Gasteiger partial charge in [-0.2, -0.15) is 13.2 Å². The molecule has 2 aliphatic rings. The van der Waals surface area contributed by atoms with Gasteiger partial charge >= 0.3 is 12.1 Å². The van der Waals surface area contributed by atoms with Gasteiger partial charge in [-0.15, -0.1) is 0 Å². The summed E-state index contributed by atoms with van der Waals surface area (Å²) in [6.07, 6.45) is 4.05. The van der Waals surface area contributed by atoms with E-state index in [2.05, 4.69) is 34.4 Å². The summed E-state index contributed by atoms with van der Waals surface area (Å²) < 4.78 is 39.4. The topological polar surface area (TPSA) is 110 Å². The monoisotopic (exact) mass is 547 g/mol. The number of alkyl halides is 3. The highest BCUT2D eigenvalue weighted by Gasteiger charge is 2.38. The van der Waals surface area contributed by atoms with Crippen molar-refractivity contribution in [1.29, 1.82) is 0 Å². The number of carbonyl (C=O) groups excluding carboxylic acids is 1. The van der Waals surface area contributed by atoms with E-state index >= 15 is 0 Å². The fourth-order valence-electron chi connectivity index (χ4n) is 4.97. The van der Waals surface area contributed by atoms with Crippen LogP contribution in [0.1, 0.15) is 57.2 Å². The van der Waals surface area contributed by atoms with Crippen molar-refractivity contribution in [1.82, 2.24) is 24.4 Å². The smallest absolute Gasteiger partial charge is 0.475 e. The number of carbonyl (C=O) groups is 2. The van der Waals surface area contributed by atoms with E-state index < -0.39 is 12.1 Å². The van der Waals surface area contributed by atoms with Gasteiger partial charge in [0, 0.05) is 67.8 Å². The van der Waals surface area contributed by atoms with Gasteiger partial charge in [0.2, 0.25) is 5.91 Å². The third kappa shape index (κ3) is 6.73. The number of carboxylic acid groups (broad SMARTS) is 1. The number of amides is 1. The Bertz CT molecular complexity index is 1280. The molecule has 9 nitrogen and oxygen atoms in total. The first-order valence-electron chi connectivity index (χ1n) is 13.0. The number of ether oxygens (including phenoxy) is 1. The van der Waals surface area contributed by atoms with Gasteiger partial charge in [-0.25, -0.2) is 9.78 Å². The normalized spacial score (nSPS) is 17.2. The molecule has 12 heteroatoms. The van der Waals surface area contributed by atoms with Crippen molar-refractivity contribution in [3.63, 3.8) is 0 Å². The van der Waals surface area contributed by atoms with Crippen LogP contribution in [0.3, 0.4) is 0 Å². The molecule has 0 aliphatic carbocycles. The molecule has 0 saturated carbocycles. The number of hydrogen-bond acceptors (Lipinski definition) is 6. The van der Waals surface area contributed by atoms with E-state index in [-0.39, 0.29) is 5.92 Å². The average Bonchev–Trinajstić information content (AvgIpc) is 3.37. The summed E-state index contributed by atoms with van der Waals surface area (Å²) in [7, 11) is 0. The van der Waals surface area contributed by atoms with Crippen molar-refractivity contribution in [3.8, 4) is 11.3 Å². The standard InChI is InChI=1S/C25H31N5O2.C2HF3O2/c1-17(2)30-16-27-24-22(30)14-21(28-23(24)20-4-3-9-26-15-20)18-5-10-29(11-6-18)25(31)19-7-12-32-13-8-19;3-2(4,5)1(6)7/h3-4,9,14-19H,5-8,10-13H2,1-2H3;(H,6,7). The molecule has 39 heavy (non-hydrogen) atoms. The van der Waals surface area contributed by atoms with Gasteiger partial charge in [-0.05, 0) is 57.7 Å². The number of imidazole rings is 1. The molecule has 2 aliphatic heterocycles. The first-order valence-corrected chi connectivity index (χ1v) is 13.0. The molecule has 2 fully saturated rings. The molecule has 0 spiro atoms. The fourth-order valence-corrected chi connectivity index (χ4v) is 4.97. The van der Waals surface area contributed by atoms with E-state index in [1.54, 1.807) is 6.20 Å². The van der Waals surface area contributed by atoms with Crippen molar-refractivity contribution in [2.24, 2.45) is 5.92 Å². The number of aromatic nitrogens is 4. The Morgan fingerprint density at radius 3 is 2.36 bits per heavy atom.